The van der Waals surface area contributed by atoms with Crippen LogP contribution in [-0.4, -0.2) is 63.5 Å². The minimum Gasteiger partial charge on any atom is -0.469 e. The van der Waals surface area contributed by atoms with Crippen molar-refractivity contribution in [3.63, 3.8) is 0 Å². The molecule has 12 heteroatoms. The van der Waals surface area contributed by atoms with E-state index in [2.05, 4.69) is 10.6 Å². The monoisotopic (exact) mass is 548 g/mol. The molecule has 1 heterocycles. The largest absolute Gasteiger partial charge is 0.469 e. The molecule has 0 aromatic heterocycles. The topological polar surface area (TPSA) is 151 Å². The summed E-state index contributed by atoms with van der Waals surface area (Å²) in [4.78, 5) is 50.0. The fourth-order valence-corrected chi connectivity index (χ4v) is 5.68. The van der Waals surface area contributed by atoms with Crippen LogP contribution < -0.4 is 15.4 Å². The van der Waals surface area contributed by atoms with Crippen LogP contribution in [0, 0.1) is 5.92 Å². The number of imide groups is 1. The molecule has 0 radical (unpaired) electrons. The molecule has 1 aliphatic carbocycles. The zero-order chi connectivity index (χ0) is 27.9. The van der Waals surface area contributed by atoms with Gasteiger partial charge in [-0.25, -0.2) is 22.7 Å². The Kier molecular flexibility index (Phi) is 9.90. The molecule has 3 N–H and O–H groups in total. The van der Waals surface area contributed by atoms with Crippen LogP contribution in [0.2, 0.25) is 0 Å². The third-order valence-corrected chi connectivity index (χ3v) is 8.25. The summed E-state index contributed by atoms with van der Waals surface area (Å²) >= 11 is 0. The third kappa shape index (κ3) is 7.33. The summed E-state index contributed by atoms with van der Waals surface area (Å²) in [7, 11) is -2.73. The minimum absolute atomic E-state index is 0.0671. The first-order valence-corrected chi connectivity index (χ1v) is 14.3. The number of nitrogens with zero attached hydrogens (tertiary/aromatic N) is 1. The fraction of sp³-hybridized carbons (Fsp3) is 0.538. The second kappa shape index (κ2) is 12.9. The van der Waals surface area contributed by atoms with Gasteiger partial charge in [-0.05, 0) is 68.7 Å². The number of amides is 5. The summed E-state index contributed by atoms with van der Waals surface area (Å²) in [6.07, 6.45) is 4.16. The first-order valence-electron chi connectivity index (χ1n) is 12.8. The smallest absolute Gasteiger partial charge is 0.328 e. The first kappa shape index (κ1) is 29.2. The Bertz CT molecular complexity index is 1190. The molecule has 0 atom stereocenters. The van der Waals surface area contributed by atoms with Gasteiger partial charge in [0.15, 0.2) is 0 Å². The van der Waals surface area contributed by atoms with Gasteiger partial charge < -0.3 is 15.4 Å². The maximum Gasteiger partial charge on any atom is 0.328 e. The number of benzene rings is 1. The zero-order valence-corrected chi connectivity index (χ0v) is 22.9. The minimum atomic E-state index is -4.08. The van der Waals surface area contributed by atoms with E-state index in [-0.39, 0.29) is 35.3 Å². The molecule has 208 valence electrons. The Balaban J connectivity index is 1.44. The molecule has 5 amide bonds. The average molecular weight is 549 g/mol. The van der Waals surface area contributed by atoms with Crippen LogP contribution in [0.3, 0.4) is 0 Å². The Hall–Kier alpha value is -3.41. The number of urea groups is 2. The predicted octanol–water partition coefficient (Wildman–Crippen LogP) is 2.62. The van der Waals surface area contributed by atoms with Crippen molar-refractivity contribution in [1.29, 1.82) is 0 Å². The summed E-state index contributed by atoms with van der Waals surface area (Å²) in [5, 5.41) is 5.40. The summed E-state index contributed by atoms with van der Waals surface area (Å²) in [5.74, 6) is -0.711. The maximum absolute atomic E-state index is 12.6. The number of hydrogen-bond donors (Lipinski definition) is 3. The van der Waals surface area contributed by atoms with Gasteiger partial charge in [-0.15, -0.1) is 0 Å². The van der Waals surface area contributed by atoms with Crippen molar-refractivity contribution in [3.8, 4) is 0 Å². The van der Waals surface area contributed by atoms with E-state index < -0.39 is 22.1 Å². The van der Waals surface area contributed by atoms with Crippen molar-refractivity contribution in [1.82, 2.24) is 20.3 Å². The standard InChI is InChI=1S/C26H36N4O7S/c1-4-5-22-17(2)16-30(23(22)31)26(34)27-15-14-18-6-12-21(13-7-18)38(35,36)29-25(33)28-20-10-8-19(9-11-20)24(32)37-3/h6-7,12-13,19-20H,4-5,8-11,14-16H2,1-3H3,(H,27,34)(H2,28,29,33). The predicted molar refractivity (Wildman–Crippen MR) is 139 cm³/mol. The number of ether oxygens (including phenoxy) is 1. The van der Waals surface area contributed by atoms with Gasteiger partial charge in [0.2, 0.25) is 0 Å². The van der Waals surface area contributed by atoms with Crippen molar-refractivity contribution in [2.45, 2.75) is 69.7 Å². The molecule has 0 saturated heterocycles. The molecule has 0 bridgehead atoms. The van der Waals surface area contributed by atoms with Gasteiger partial charge in [-0.1, -0.05) is 25.5 Å². The average Bonchev–Trinajstić information content (AvgIpc) is 3.17. The molecule has 38 heavy (non-hydrogen) atoms. The second-order valence-corrected chi connectivity index (χ2v) is 11.4. The van der Waals surface area contributed by atoms with Gasteiger partial charge in [-0.2, -0.15) is 0 Å². The van der Waals surface area contributed by atoms with Crippen molar-refractivity contribution in [2.75, 3.05) is 20.2 Å². The van der Waals surface area contributed by atoms with E-state index in [4.69, 9.17) is 4.74 Å². The van der Waals surface area contributed by atoms with Gasteiger partial charge in [0.25, 0.3) is 15.9 Å². The third-order valence-electron chi connectivity index (χ3n) is 6.91. The highest BCUT2D eigenvalue weighted by Gasteiger charge is 2.32. The van der Waals surface area contributed by atoms with Gasteiger partial charge in [0.1, 0.15) is 0 Å². The molecular formula is C26H36N4O7S. The Labute approximate surface area is 223 Å². The molecule has 3 rings (SSSR count). The molecule has 1 aliphatic heterocycles. The molecule has 0 unspecified atom stereocenters. The molecule has 1 fully saturated rings. The first-order chi connectivity index (χ1) is 18.1. The lowest BCUT2D eigenvalue weighted by molar-refractivity contribution is -0.146. The van der Waals surface area contributed by atoms with Crippen LogP contribution in [0.4, 0.5) is 9.59 Å². The van der Waals surface area contributed by atoms with Crippen LogP contribution in [-0.2, 0) is 30.8 Å². The van der Waals surface area contributed by atoms with Crippen LogP contribution in [0.25, 0.3) is 0 Å². The van der Waals surface area contributed by atoms with Gasteiger partial charge >= 0.3 is 18.0 Å². The zero-order valence-electron chi connectivity index (χ0n) is 22.0. The van der Waals surface area contributed by atoms with Crippen molar-refractivity contribution in [2.24, 2.45) is 5.92 Å². The van der Waals surface area contributed by atoms with Crippen LogP contribution in [0.15, 0.2) is 40.3 Å². The highest BCUT2D eigenvalue weighted by Crippen LogP contribution is 2.25. The lowest BCUT2D eigenvalue weighted by atomic mass is 9.86. The fourth-order valence-electron chi connectivity index (χ4n) is 4.76. The maximum atomic E-state index is 12.6. The Morgan fingerprint density at radius 3 is 2.32 bits per heavy atom. The lowest BCUT2D eigenvalue weighted by Crippen LogP contribution is -2.46. The SMILES string of the molecule is CCCC1=C(C)CN(C(=O)NCCc2ccc(S(=O)(=O)NC(=O)NC3CCC(C(=O)OC)CC3)cc2)C1=O. The summed E-state index contributed by atoms with van der Waals surface area (Å²) in [6, 6.07) is 4.51. The van der Waals surface area contributed by atoms with Crippen LogP contribution in [0.5, 0.6) is 0 Å². The number of sulfonamides is 1. The molecular weight excluding hydrogens is 512 g/mol. The lowest BCUT2D eigenvalue weighted by Gasteiger charge is -2.27. The highest BCUT2D eigenvalue weighted by atomic mass is 32.2. The van der Waals surface area contributed by atoms with Crippen molar-refractivity contribution < 1.29 is 32.3 Å². The van der Waals surface area contributed by atoms with E-state index in [1.165, 1.54) is 24.1 Å². The summed E-state index contributed by atoms with van der Waals surface area (Å²) in [5.41, 5.74) is 2.40. The van der Waals surface area contributed by atoms with E-state index in [1.54, 1.807) is 12.1 Å². The van der Waals surface area contributed by atoms with Crippen LogP contribution in [0.1, 0.15) is 57.9 Å². The highest BCUT2D eigenvalue weighted by molar-refractivity contribution is 7.90. The van der Waals surface area contributed by atoms with E-state index >= 15 is 0 Å². The molecule has 1 aromatic rings. The van der Waals surface area contributed by atoms with E-state index in [1.807, 2.05) is 18.6 Å². The molecule has 0 spiro atoms. The number of carbonyl (C=O) groups is 4. The number of methoxy groups -OCH3 is 1. The number of nitrogens with one attached hydrogen (secondary N) is 3. The number of esters is 1. The quantitative estimate of drug-likeness (QED) is 0.401. The second-order valence-electron chi connectivity index (χ2n) is 9.68. The van der Waals surface area contributed by atoms with Crippen molar-refractivity contribution in [3.05, 3.63) is 41.0 Å². The van der Waals surface area contributed by atoms with Gasteiger partial charge in [0.05, 0.1) is 24.5 Å². The number of hydrogen-bond acceptors (Lipinski definition) is 7. The number of carbonyl (C=O) groups excluding carboxylic acids is 4. The molecule has 1 aromatic carbocycles. The number of rotatable bonds is 9. The summed E-state index contributed by atoms with van der Waals surface area (Å²) in [6.45, 7) is 4.41. The molecule has 2 aliphatic rings. The molecule has 1 saturated carbocycles. The molecule has 11 nitrogen and oxygen atoms in total. The Morgan fingerprint density at radius 1 is 1.05 bits per heavy atom. The van der Waals surface area contributed by atoms with Gasteiger partial charge in [-0.3, -0.25) is 14.5 Å². The van der Waals surface area contributed by atoms with Crippen molar-refractivity contribution >= 4 is 34.0 Å². The normalized spacial score (nSPS) is 19.8. The van der Waals surface area contributed by atoms with Crippen LogP contribution >= 0.6 is 0 Å². The Morgan fingerprint density at radius 2 is 1.71 bits per heavy atom. The van der Waals surface area contributed by atoms with Gasteiger partial charge in [0, 0.05) is 18.2 Å². The van der Waals surface area contributed by atoms with E-state index in [0.29, 0.717) is 50.6 Å². The van der Waals surface area contributed by atoms with E-state index in [0.717, 1.165) is 17.6 Å². The summed E-state index contributed by atoms with van der Waals surface area (Å²) < 4.78 is 32.0. The van der Waals surface area contributed by atoms with E-state index in [9.17, 15) is 27.6 Å².